The van der Waals surface area contributed by atoms with Crippen LogP contribution in [0, 0.1) is 0 Å². The molecule has 7 aromatic carbocycles. The van der Waals surface area contributed by atoms with Gasteiger partial charge in [-0.15, -0.1) is 0 Å². The van der Waals surface area contributed by atoms with Gasteiger partial charge in [0.05, 0.1) is 33.4 Å². The van der Waals surface area contributed by atoms with Crippen molar-refractivity contribution in [3.05, 3.63) is 194 Å². The molecule has 0 spiro atoms. The van der Waals surface area contributed by atoms with Crippen LogP contribution in [0.15, 0.2) is 194 Å². The van der Waals surface area contributed by atoms with E-state index >= 15 is 0 Å². The minimum atomic E-state index is 0.579. The summed E-state index contributed by atoms with van der Waals surface area (Å²) in [6.45, 7) is 0. The molecule has 0 N–H and O–H groups in total. The minimum Gasteiger partial charge on any atom is -0.309 e. The Bertz CT molecular complexity index is 3130. The van der Waals surface area contributed by atoms with Crippen molar-refractivity contribution < 1.29 is 0 Å². The first-order chi connectivity index (χ1) is 27.8. The summed E-state index contributed by atoms with van der Waals surface area (Å²) in [5, 5.41) is 4.79. The van der Waals surface area contributed by atoms with Crippen LogP contribution in [0.25, 0.3) is 100 Å². The number of nitrogens with zero attached hydrogens (tertiary/aromatic N) is 6. The quantitative estimate of drug-likeness (QED) is 0.172. The lowest BCUT2D eigenvalue weighted by Gasteiger charge is -2.16. The van der Waals surface area contributed by atoms with Crippen LogP contribution < -0.4 is 0 Å². The van der Waals surface area contributed by atoms with Crippen molar-refractivity contribution in [3.63, 3.8) is 0 Å². The van der Waals surface area contributed by atoms with Gasteiger partial charge in [-0.25, -0.2) is 15.0 Å². The van der Waals surface area contributed by atoms with Gasteiger partial charge in [0, 0.05) is 55.7 Å². The fourth-order valence-electron chi connectivity index (χ4n) is 8.09. The molecule has 11 aromatic rings. The molecule has 0 aliphatic carbocycles. The molecular formula is C50H32N6. The zero-order valence-electron chi connectivity index (χ0n) is 30.2. The molecule has 0 atom stereocenters. The third kappa shape index (κ3) is 5.19. The maximum Gasteiger partial charge on any atom is 0.166 e. The van der Waals surface area contributed by atoms with Crippen LogP contribution in [0.4, 0.5) is 0 Å². The maximum absolute atomic E-state index is 5.23. The molecule has 4 aromatic heterocycles. The SMILES string of the molecule is c1ccc(-c2nc(-c3ccccc3)nc(-c3cc(-c4ccccn4)ccc3-n3c4ccccc4c4ccc(-n5c6ccccc6c6ccccc65)cc43)n2)cc1. The molecule has 6 nitrogen and oxygen atoms in total. The van der Waals surface area contributed by atoms with Crippen molar-refractivity contribution in [2.24, 2.45) is 0 Å². The van der Waals surface area contributed by atoms with Gasteiger partial charge in [0.1, 0.15) is 0 Å². The number of hydrogen-bond donors (Lipinski definition) is 0. The molecule has 6 heteroatoms. The number of rotatable bonds is 6. The number of para-hydroxylation sites is 3. The van der Waals surface area contributed by atoms with E-state index in [9.17, 15) is 0 Å². The normalized spacial score (nSPS) is 11.6. The van der Waals surface area contributed by atoms with Crippen molar-refractivity contribution >= 4 is 43.6 Å². The lowest BCUT2D eigenvalue weighted by atomic mass is 10.0. The van der Waals surface area contributed by atoms with E-state index in [1.54, 1.807) is 0 Å². The van der Waals surface area contributed by atoms with Crippen molar-refractivity contribution in [1.29, 1.82) is 0 Å². The van der Waals surface area contributed by atoms with Gasteiger partial charge in [0.15, 0.2) is 17.5 Å². The second-order valence-electron chi connectivity index (χ2n) is 13.9. The van der Waals surface area contributed by atoms with E-state index in [-0.39, 0.29) is 0 Å². The van der Waals surface area contributed by atoms with Crippen molar-refractivity contribution in [1.82, 2.24) is 29.1 Å². The predicted octanol–water partition coefficient (Wildman–Crippen LogP) is 12.1. The molecule has 0 radical (unpaired) electrons. The summed E-state index contributed by atoms with van der Waals surface area (Å²) in [6, 6.07) is 65.5. The molecule has 11 rings (SSSR count). The lowest BCUT2D eigenvalue weighted by molar-refractivity contribution is 1.06. The number of hydrogen-bond acceptors (Lipinski definition) is 4. The second-order valence-corrected chi connectivity index (χ2v) is 13.9. The summed E-state index contributed by atoms with van der Waals surface area (Å²) < 4.78 is 4.75. The first kappa shape index (κ1) is 31.8. The van der Waals surface area contributed by atoms with Crippen LogP contribution >= 0.6 is 0 Å². The fourth-order valence-corrected chi connectivity index (χ4v) is 8.09. The number of aromatic nitrogens is 6. The van der Waals surface area contributed by atoms with E-state index in [1.807, 2.05) is 85.1 Å². The molecule has 0 aliphatic rings. The van der Waals surface area contributed by atoms with Crippen LogP contribution in [-0.4, -0.2) is 29.1 Å². The highest BCUT2D eigenvalue weighted by Crippen LogP contribution is 2.40. The lowest BCUT2D eigenvalue weighted by Crippen LogP contribution is -2.04. The summed E-state index contributed by atoms with van der Waals surface area (Å²) in [5.41, 5.74) is 11.1. The van der Waals surface area contributed by atoms with Gasteiger partial charge in [0.2, 0.25) is 0 Å². The summed E-state index contributed by atoms with van der Waals surface area (Å²) in [4.78, 5) is 20.2. The molecule has 0 amide bonds. The molecule has 262 valence electrons. The smallest absolute Gasteiger partial charge is 0.166 e. The second kappa shape index (κ2) is 13.0. The van der Waals surface area contributed by atoms with Gasteiger partial charge < -0.3 is 9.13 Å². The van der Waals surface area contributed by atoms with Gasteiger partial charge >= 0.3 is 0 Å². The summed E-state index contributed by atoms with van der Waals surface area (Å²) in [6.07, 6.45) is 1.83. The molecule has 0 bridgehead atoms. The molecular weight excluding hydrogens is 685 g/mol. The standard InChI is InChI=1S/C50H32N6/c1-3-15-33(16-4-1)48-52-49(34-17-5-2-6-18-34)54-50(53-48)41-31-35(42-22-13-14-30-51-42)26-29-46(41)56-45-25-12-9-21-39(45)40-28-27-36(32-47(40)56)55-43-23-10-7-19-37(43)38-20-8-11-24-44(38)55/h1-32H. The summed E-state index contributed by atoms with van der Waals surface area (Å²) in [5.74, 6) is 1.80. The van der Waals surface area contributed by atoms with Gasteiger partial charge in [-0.3, -0.25) is 4.98 Å². The van der Waals surface area contributed by atoms with Crippen molar-refractivity contribution in [3.8, 4) is 56.8 Å². The average Bonchev–Trinajstić information content (AvgIpc) is 3.79. The van der Waals surface area contributed by atoms with Gasteiger partial charge in [-0.2, -0.15) is 0 Å². The predicted molar refractivity (Wildman–Crippen MR) is 228 cm³/mol. The van der Waals surface area contributed by atoms with E-state index in [0.717, 1.165) is 55.7 Å². The Labute approximate surface area is 322 Å². The molecule has 4 heterocycles. The first-order valence-corrected chi connectivity index (χ1v) is 18.7. The van der Waals surface area contributed by atoms with E-state index < -0.39 is 0 Å². The third-order valence-electron chi connectivity index (χ3n) is 10.6. The Hall–Kier alpha value is -7.70. The van der Waals surface area contributed by atoms with Crippen molar-refractivity contribution in [2.75, 3.05) is 0 Å². The van der Waals surface area contributed by atoms with Crippen molar-refractivity contribution in [2.45, 2.75) is 0 Å². The minimum absolute atomic E-state index is 0.579. The van der Waals surface area contributed by atoms with E-state index in [1.165, 1.54) is 27.2 Å². The van der Waals surface area contributed by atoms with E-state index in [2.05, 4.69) is 118 Å². The Morgan fingerprint density at radius 2 is 0.857 bits per heavy atom. The van der Waals surface area contributed by atoms with Crippen LogP contribution in [0.5, 0.6) is 0 Å². The molecule has 0 aliphatic heterocycles. The van der Waals surface area contributed by atoms with E-state index in [0.29, 0.717) is 17.5 Å². The topological polar surface area (TPSA) is 61.4 Å². The highest BCUT2D eigenvalue weighted by atomic mass is 15.1. The highest BCUT2D eigenvalue weighted by Gasteiger charge is 2.21. The number of pyridine rings is 1. The van der Waals surface area contributed by atoms with Crippen LogP contribution in [-0.2, 0) is 0 Å². The third-order valence-corrected chi connectivity index (χ3v) is 10.6. The largest absolute Gasteiger partial charge is 0.309 e. The average molecular weight is 717 g/mol. The molecule has 0 saturated carbocycles. The first-order valence-electron chi connectivity index (χ1n) is 18.7. The maximum atomic E-state index is 5.23. The van der Waals surface area contributed by atoms with E-state index in [4.69, 9.17) is 19.9 Å². The Morgan fingerprint density at radius 3 is 1.45 bits per heavy atom. The van der Waals surface area contributed by atoms with Gasteiger partial charge in [-0.1, -0.05) is 133 Å². The Kier molecular flexibility index (Phi) is 7.38. The van der Waals surface area contributed by atoms with Gasteiger partial charge in [0.25, 0.3) is 0 Å². The Morgan fingerprint density at radius 1 is 0.339 bits per heavy atom. The van der Waals surface area contributed by atoms with Crippen LogP contribution in [0.2, 0.25) is 0 Å². The zero-order valence-corrected chi connectivity index (χ0v) is 30.2. The molecule has 0 fully saturated rings. The molecule has 0 unspecified atom stereocenters. The summed E-state index contributed by atoms with van der Waals surface area (Å²) in [7, 11) is 0. The number of fused-ring (bicyclic) bond motifs is 6. The monoisotopic (exact) mass is 716 g/mol. The Balaban J connectivity index is 1.22. The summed E-state index contributed by atoms with van der Waals surface area (Å²) >= 11 is 0. The van der Waals surface area contributed by atoms with Crippen LogP contribution in [0.1, 0.15) is 0 Å². The van der Waals surface area contributed by atoms with Gasteiger partial charge in [-0.05, 0) is 54.6 Å². The van der Waals surface area contributed by atoms with Crippen LogP contribution in [0.3, 0.4) is 0 Å². The highest BCUT2D eigenvalue weighted by molar-refractivity contribution is 6.12. The fraction of sp³-hybridized carbons (Fsp3) is 0. The molecule has 56 heavy (non-hydrogen) atoms. The zero-order chi connectivity index (χ0) is 37.0. The molecule has 0 saturated heterocycles. The number of benzene rings is 7.